The van der Waals surface area contributed by atoms with Crippen molar-refractivity contribution < 1.29 is 14.6 Å². The molecule has 0 aromatic rings. The second-order valence-corrected chi connectivity index (χ2v) is 4.04. The third kappa shape index (κ3) is 2.65. The summed E-state index contributed by atoms with van der Waals surface area (Å²) in [7, 11) is 1.62. The molecule has 1 rings (SSSR count). The number of methoxy groups -OCH3 is 1. The van der Waals surface area contributed by atoms with Crippen molar-refractivity contribution in [3.05, 3.63) is 0 Å². The van der Waals surface area contributed by atoms with Gasteiger partial charge in [0.1, 0.15) is 12.5 Å². The standard InChI is InChI=1S/C11H22N2O3/c1-4-6-10(16-3)13-8-7-12(11(13)15)9(14)5-2/h9-10,14H,4-8H2,1-3H3. The van der Waals surface area contributed by atoms with Crippen molar-refractivity contribution in [2.45, 2.75) is 45.6 Å². The third-order valence-corrected chi connectivity index (χ3v) is 2.95. The second kappa shape index (κ2) is 6.06. The van der Waals surface area contributed by atoms with Crippen LogP contribution < -0.4 is 0 Å². The minimum Gasteiger partial charge on any atom is -0.373 e. The molecular formula is C11H22N2O3. The lowest BCUT2D eigenvalue weighted by atomic mass is 10.3. The summed E-state index contributed by atoms with van der Waals surface area (Å²) in [6.45, 7) is 5.14. The first-order valence-corrected chi connectivity index (χ1v) is 5.93. The first-order chi connectivity index (χ1) is 7.65. The molecule has 1 heterocycles. The maximum atomic E-state index is 12.0. The zero-order chi connectivity index (χ0) is 12.1. The van der Waals surface area contributed by atoms with Gasteiger partial charge in [0.15, 0.2) is 0 Å². The Bertz CT molecular complexity index is 235. The van der Waals surface area contributed by atoms with Crippen molar-refractivity contribution in [2.24, 2.45) is 0 Å². The van der Waals surface area contributed by atoms with E-state index in [1.807, 2.05) is 6.92 Å². The third-order valence-electron chi connectivity index (χ3n) is 2.95. The van der Waals surface area contributed by atoms with Crippen LogP contribution in [0.3, 0.4) is 0 Å². The molecule has 0 radical (unpaired) electrons. The zero-order valence-electron chi connectivity index (χ0n) is 10.3. The highest BCUT2D eigenvalue weighted by Gasteiger charge is 2.35. The van der Waals surface area contributed by atoms with E-state index in [-0.39, 0.29) is 12.3 Å². The Balaban J connectivity index is 2.61. The smallest absolute Gasteiger partial charge is 0.324 e. The Hall–Kier alpha value is -0.810. The van der Waals surface area contributed by atoms with Crippen LogP contribution in [0, 0.1) is 0 Å². The lowest BCUT2D eigenvalue weighted by Crippen LogP contribution is -2.43. The van der Waals surface area contributed by atoms with Crippen LogP contribution in [-0.2, 0) is 4.74 Å². The largest absolute Gasteiger partial charge is 0.373 e. The maximum absolute atomic E-state index is 12.0. The summed E-state index contributed by atoms with van der Waals surface area (Å²) in [5.41, 5.74) is 0. The molecule has 1 aliphatic rings. The van der Waals surface area contributed by atoms with E-state index in [9.17, 15) is 9.90 Å². The van der Waals surface area contributed by atoms with Crippen molar-refractivity contribution >= 4 is 6.03 Å². The van der Waals surface area contributed by atoms with Crippen molar-refractivity contribution in [2.75, 3.05) is 20.2 Å². The predicted molar refractivity (Wildman–Crippen MR) is 60.8 cm³/mol. The monoisotopic (exact) mass is 230 g/mol. The van der Waals surface area contributed by atoms with E-state index >= 15 is 0 Å². The summed E-state index contributed by atoms with van der Waals surface area (Å²) in [4.78, 5) is 15.2. The number of hydrogen-bond acceptors (Lipinski definition) is 3. The van der Waals surface area contributed by atoms with Gasteiger partial charge in [0.2, 0.25) is 0 Å². The number of urea groups is 1. The molecule has 0 saturated carbocycles. The van der Waals surface area contributed by atoms with Crippen LogP contribution in [0.2, 0.25) is 0 Å². The normalized spacial score (nSPS) is 20.4. The first kappa shape index (κ1) is 13.3. The fraction of sp³-hybridized carbons (Fsp3) is 0.909. The SMILES string of the molecule is CCCC(OC)N1CCN(C(O)CC)C1=O. The van der Waals surface area contributed by atoms with Gasteiger partial charge in [0.25, 0.3) is 0 Å². The van der Waals surface area contributed by atoms with Gasteiger partial charge in [0, 0.05) is 20.2 Å². The predicted octanol–water partition coefficient (Wildman–Crippen LogP) is 1.22. The number of amides is 2. The summed E-state index contributed by atoms with van der Waals surface area (Å²) < 4.78 is 5.30. The summed E-state index contributed by atoms with van der Waals surface area (Å²) >= 11 is 0. The van der Waals surface area contributed by atoms with E-state index in [0.29, 0.717) is 19.5 Å². The number of hydrogen-bond donors (Lipinski definition) is 1. The molecule has 1 aliphatic heterocycles. The average molecular weight is 230 g/mol. The quantitative estimate of drug-likeness (QED) is 0.746. The topological polar surface area (TPSA) is 53.0 Å². The van der Waals surface area contributed by atoms with Gasteiger partial charge in [-0.05, 0) is 12.8 Å². The van der Waals surface area contributed by atoms with Crippen LogP contribution in [0.15, 0.2) is 0 Å². The highest BCUT2D eigenvalue weighted by atomic mass is 16.5. The molecule has 0 aliphatic carbocycles. The van der Waals surface area contributed by atoms with Gasteiger partial charge in [-0.25, -0.2) is 4.79 Å². The van der Waals surface area contributed by atoms with Gasteiger partial charge in [-0.2, -0.15) is 0 Å². The van der Waals surface area contributed by atoms with Crippen molar-refractivity contribution in [3.63, 3.8) is 0 Å². The molecule has 5 heteroatoms. The van der Waals surface area contributed by atoms with E-state index in [0.717, 1.165) is 12.8 Å². The molecule has 1 fully saturated rings. The fourth-order valence-corrected chi connectivity index (χ4v) is 1.98. The first-order valence-electron chi connectivity index (χ1n) is 5.93. The second-order valence-electron chi connectivity index (χ2n) is 4.04. The molecular weight excluding hydrogens is 208 g/mol. The van der Waals surface area contributed by atoms with Gasteiger partial charge in [-0.1, -0.05) is 20.3 Å². The fourth-order valence-electron chi connectivity index (χ4n) is 1.98. The minimum absolute atomic E-state index is 0.116. The average Bonchev–Trinajstić information content (AvgIpc) is 2.67. The highest BCUT2D eigenvalue weighted by molar-refractivity contribution is 5.76. The van der Waals surface area contributed by atoms with E-state index in [4.69, 9.17) is 4.74 Å². The molecule has 0 spiro atoms. The molecule has 2 unspecified atom stereocenters. The van der Waals surface area contributed by atoms with E-state index in [1.54, 1.807) is 12.0 Å². The van der Waals surface area contributed by atoms with Crippen LogP contribution >= 0.6 is 0 Å². The molecule has 2 amide bonds. The number of carbonyl (C=O) groups is 1. The number of rotatable bonds is 6. The molecule has 0 bridgehead atoms. The molecule has 1 saturated heterocycles. The molecule has 1 N–H and O–H groups in total. The highest BCUT2D eigenvalue weighted by Crippen LogP contribution is 2.18. The Morgan fingerprint density at radius 1 is 1.38 bits per heavy atom. The molecule has 94 valence electrons. The number of ether oxygens (including phenoxy) is 1. The van der Waals surface area contributed by atoms with Gasteiger partial charge < -0.3 is 9.84 Å². The lowest BCUT2D eigenvalue weighted by molar-refractivity contribution is -0.0113. The van der Waals surface area contributed by atoms with Crippen LogP contribution in [-0.4, -0.2) is 53.6 Å². The Morgan fingerprint density at radius 2 is 2.00 bits per heavy atom. The van der Waals surface area contributed by atoms with Crippen LogP contribution in [0.25, 0.3) is 0 Å². The Morgan fingerprint density at radius 3 is 2.50 bits per heavy atom. The minimum atomic E-state index is -0.670. The summed E-state index contributed by atoms with van der Waals surface area (Å²) in [5.74, 6) is 0. The van der Waals surface area contributed by atoms with Gasteiger partial charge in [0.05, 0.1) is 0 Å². The number of aliphatic hydroxyl groups is 1. The van der Waals surface area contributed by atoms with E-state index < -0.39 is 6.23 Å². The van der Waals surface area contributed by atoms with Crippen LogP contribution in [0.5, 0.6) is 0 Å². The number of nitrogens with zero attached hydrogens (tertiary/aromatic N) is 2. The molecule has 16 heavy (non-hydrogen) atoms. The van der Waals surface area contributed by atoms with Crippen molar-refractivity contribution in [1.29, 1.82) is 0 Å². The molecule has 2 atom stereocenters. The van der Waals surface area contributed by atoms with E-state index in [1.165, 1.54) is 4.90 Å². The van der Waals surface area contributed by atoms with Crippen LogP contribution in [0.1, 0.15) is 33.1 Å². The van der Waals surface area contributed by atoms with Gasteiger partial charge in [-0.3, -0.25) is 9.80 Å². The maximum Gasteiger partial charge on any atom is 0.324 e. The number of aliphatic hydroxyl groups excluding tert-OH is 1. The van der Waals surface area contributed by atoms with Gasteiger partial charge >= 0.3 is 6.03 Å². The Kier molecular flexibility index (Phi) is 5.02. The Labute approximate surface area is 97.0 Å². The number of carbonyl (C=O) groups excluding carboxylic acids is 1. The van der Waals surface area contributed by atoms with E-state index in [2.05, 4.69) is 6.92 Å². The van der Waals surface area contributed by atoms with Crippen LogP contribution in [0.4, 0.5) is 4.79 Å². The zero-order valence-corrected chi connectivity index (χ0v) is 10.3. The lowest BCUT2D eigenvalue weighted by Gasteiger charge is -2.27. The van der Waals surface area contributed by atoms with Crippen molar-refractivity contribution in [1.82, 2.24) is 9.80 Å². The van der Waals surface area contributed by atoms with Crippen molar-refractivity contribution in [3.8, 4) is 0 Å². The molecule has 5 nitrogen and oxygen atoms in total. The summed E-state index contributed by atoms with van der Waals surface area (Å²) in [5, 5.41) is 9.67. The molecule has 0 aromatic carbocycles. The van der Waals surface area contributed by atoms with Gasteiger partial charge in [-0.15, -0.1) is 0 Å². The molecule has 0 aromatic heterocycles. The summed E-state index contributed by atoms with van der Waals surface area (Å²) in [6.07, 6.45) is 1.53. The summed E-state index contributed by atoms with van der Waals surface area (Å²) in [6, 6.07) is -0.116.